The minimum Gasteiger partial charge on any atom is -0.488 e. The predicted molar refractivity (Wildman–Crippen MR) is 126 cm³/mol. The number of fused-ring (bicyclic) bond motifs is 1. The molecule has 0 saturated heterocycles. The number of benzene rings is 1. The summed E-state index contributed by atoms with van der Waals surface area (Å²) in [6.07, 6.45) is 1.47. The van der Waals surface area contributed by atoms with Crippen molar-refractivity contribution in [1.29, 1.82) is 0 Å². The van der Waals surface area contributed by atoms with Gasteiger partial charge in [-0.2, -0.15) is 0 Å². The maximum atomic E-state index is 13.7. The Balaban J connectivity index is 2.26. The molecule has 2 aromatic heterocycles. The molecule has 0 fully saturated rings. The zero-order valence-electron chi connectivity index (χ0n) is 19.7. The number of Topliss-reactive ketones (excluding diaryl/α,β-unsaturated/α-hetero) is 1. The van der Waals surface area contributed by atoms with Crippen LogP contribution >= 0.6 is 0 Å². The Labute approximate surface area is 188 Å². The van der Waals surface area contributed by atoms with E-state index in [0.29, 0.717) is 47.3 Å². The molecule has 0 atom stereocenters. The molecule has 0 aliphatic heterocycles. The molecule has 32 heavy (non-hydrogen) atoms. The largest absolute Gasteiger partial charge is 0.488 e. The van der Waals surface area contributed by atoms with E-state index in [1.165, 1.54) is 12.1 Å². The number of aromatic nitrogens is 2. The van der Waals surface area contributed by atoms with Crippen molar-refractivity contribution in [2.24, 2.45) is 7.05 Å². The van der Waals surface area contributed by atoms with Gasteiger partial charge in [0.1, 0.15) is 16.9 Å². The third-order valence-electron chi connectivity index (χ3n) is 5.48. The fraction of sp³-hybridized carbons (Fsp3) is 0.440. The van der Waals surface area contributed by atoms with Gasteiger partial charge >= 0.3 is 0 Å². The van der Waals surface area contributed by atoms with Crippen molar-refractivity contribution in [2.75, 3.05) is 20.6 Å². The number of rotatable bonds is 9. The molecule has 0 saturated carbocycles. The minimum atomic E-state index is -0.366. The Morgan fingerprint density at radius 2 is 1.84 bits per heavy atom. The summed E-state index contributed by atoms with van der Waals surface area (Å²) in [6.45, 7) is 6.51. The summed E-state index contributed by atoms with van der Waals surface area (Å²) in [6, 6.07) is 7.76. The van der Waals surface area contributed by atoms with Crippen molar-refractivity contribution in [1.82, 2.24) is 14.0 Å². The second-order valence-electron chi connectivity index (χ2n) is 8.60. The van der Waals surface area contributed by atoms with Crippen molar-refractivity contribution in [3.8, 4) is 11.4 Å². The number of hydrogen-bond acceptors (Lipinski definition) is 4. The Hall–Kier alpha value is -2.93. The highest BCUT2D eigenvalue weighted by atomic mass is 19.1. The van der Waals surface area contributed by atoms with E-state index in [1.807, 2.05) is 45.8 Å². The molecular weight excluding hydrogens is 409 g/mol. The summed E-state index contributed by atoms with van der Waals surface area (Å²) < 4.78 is 22.9. The predicted octanol–water partition coefficient (Wildman–Crippen LogP) is 4.34. The van der Waals surface area contributed by atoms with E-state index in [-0.39, 0.29) is 23.3 Å². The zero-order valence-corrected chi connectivity index (χ0v) is 19.7. The number of aryl methyl sites for hydroxylation is 2. The Kier molecular flexibility index (Phi) is 7.19. The minimum absolute atomic E-state index is 0.0491. The zero-order chi connectivity index (χ0) is 23.6. The van der Waals surface area contributed by atoms with E-state index in [4.69, 9.17) is 4.74 Å². The van der Waals surface area contributed by atoms with Crippen LogP contribution in [0.2, 0.25) is 0 Å². The highest BCUT2D eigenvalue weighted by Crippen LogP contribution is 2.33. The van der Waals surface area contributed by atoms with Crippen molar-refractivity contribution in [3.05, 3.63) is 57.9 Å². The maximum Gasteiger partial charge on any atom is 0.268 e. The Morgan fingerprint density at radius 1 is 1.19 bits per heavy atom. The van der Waals surface area contributed by atoms with E-state index < -0.39 is 0 Å². The molecule has 7 heteroatoms. The van der Waals surface area contributed by atoms with Gasteiger partial charge in [0.05, 0.1) is 11.6 Å². The summed E-state index contributed by atoms with van der Waals surface area (Å²) in [7, 11) is 5.74. The first-order chi connectivity index (χ1) is 15.1. The van der Waals surface area contributed by atoms with Gasteiger partial charge in [-0.3, -0.25) is 14.2 Å². The third-order valence-corrected chi connectivity index (χ3v) is 5.48. The molecule has 0 radical (unpaired) electrons. The number of carbonyl (C=O) groups is 1. The Morgan fingerprint density at radius 3 is 2.41 bits per heavy atom. The molecule has 0 spiro atoms. The number of nitrogens with zero attached hydrogens (tertiary/aromatic N) is 3. The summed E-state index contributed by atoms with van der Waals surface area (Å²) in [5.74, 6) is -0.0853. The van der Waals surface area contributed by atoms with E-state index >= 15 is 0 Å². The van der Waals surface area contributed by atoms with Crippen LogP contribution < -0.4 is 10.3 Å². The van der Waals surface area contributed by atoms with Gasteiger partial charge in [-0.25, -0.2) is 4.39 Å². The third kappa shape index (κ3) is 4.63. The molecule has 0 unspecified atom stereocenters. The van der Waals surface area contributed by atoms with Crippen molar-refractivity contribution in [3.63, 3.8) is 0 Å². The maximum absolute atomic E-state index is 13.7. The molecule has 0 aliphatic carbocycles. The molecule has 6 nitrogen and oxygen atoms in total. The monoisotopic (exact) mass is 441 g/mol. The van der Waals surface area contributed by atoms with Crippen LogP contribution in [0.3, 0.4) is 0 Å². The molecule has 3 aromatic rings. The number of carbonyl (C=O) groups excluding carboxylic acids is 1. The van der Waals surface area contributed by atoms with Crippen LogP contribution in [-0.2, 0) is 13.5 Å². The average Bonchev–Trinajstić information content (AvgIpc) is 2.99. The number of halogens is 1. The normalized spacial score (nSPS) is 11.7. The lowest BCUT2D eigenvalue weighted by Crippen LogP contribution is -2.22. The van der Waals surface area contributed by atoms with Crippen LogP contribution in [0.15, 0.2) is 35.1 Å². The first kappa shape index (κ1) is 23.7. The first-order valence-corrected chi connectivity index (χ1v) is 11.0. The molecule has 172 valence electrons. The van der Waals surface area contributed by atoms with Crippen molar-refractivity contribution >= 4 is 16.7 Å². The SMILES string of the molecule is CCc1cc2c(c(OC(C)C)c(C(=O)CCCN(C)C)n2C)c(=O)n1-c1ccc(F)cc1. The van der Waals surface area contributed by atoms with E-state index in [2.05, 4.69) is 0 Å². The van der Waals surface area contributed by atoms with Crippen LogP contribution in [0, 0.1) is 5.82 Å². The lowest BCUT2D eigenvalue weighted by Gasteiger charge is -2.14. The van der Waals surface area contributed by atoms with Gasteiger partial charge in [-0.05, 0) is 77.7 Å². The molecule has 1 aromatic carbocycles. The van der Waals surface area contributed by atoms with Crippen LogP contribution in [0.25, 0.3) is 16.6 Å². The molecule has 0 bridgehead atoms. The van der Waals surface area contributed by atoms with E-state index in [0.717, 1.165) is 12.2 Å². The van der Waals surface area contributed by atoms with E-state index in [1.54, 1.807) is 28.3 Å². The van der Waals surface area contributed by atoms with Gasteiger partial charge in [-0.15, -0.1) is 0 Å². The topological polar surface area (TPSA) is 56.5 Å². The number of hydrogen-bond donors (Lipinski definition) is 0. The number of ether oxygens (including phenoxy) is 1. The molecular formula is C25H32FN3O3. The van der Waals surface area contributed by atoms with Crippen molar-refractivity contribution in [2.45, 2.75) is 46.1 Å². The summed E-state index contributed by atoms with van der Waals surface area (Å²) >= 11 is 0. The lowest BCUT2D eigenvalue weighted by molar-refractivity contribution is 0.0963. The van der Waals surface area contributed by atoms with Gasteiger partial charge < -0.3 is 14.2 Å². The van der Waals surface area contributed by atoms with Gasteiger partial charge in [0, 0.05) is 24.8 Å². The van der Waals surface area contributed by atoms with Gasteiger partial charge in [0.15, 0.2) is 11.5 Å². The quantitative estimate of drug-likeness (QED) is 0.464. The van der Waals surface area contributed by atoms with Crippen LogP contribution in [-0.4, -0.2) is 46.6 Å². The second-order valence-corrected chi connectivity index (χ2v) is 8.60. The highest BCUT2D eigenvalue weighted by molar-refractivity contribution is 6.05. The standard InChI is InChI=1S/C25H32FN3O3/c1-7-18-15-20-22(25(31)29(18)19-12-10-17(26)11-13-19)24(32-16(2)3)23(28(20)6)21(30)9-8-14-27(4)5/h10-13,15-16H,7-9,14H2,1-6H3. The molecule has 0 aliphatic rings. The van der Waals surface area contributed by atoms with Gasteiger partial charge in [0.25, 0.3) is 5.56 Å². The molecule has 2 heterocycles. The Bertz CT molecular complexity index is 1170. The summed E-state index contributed by atoms with van der Waals surface area (Å²) in [5, 5.41) is 0.374. The lowest BCUT2D eigenvalue weighted by atomic mass is 10.1. The van der Waals surface area contributed by atoms with E-state index in [9.17, 15) is 14.0 Å². The molecule has 0 amide bonds. The second kappa shape index (κ2) is 9.69. The average molecular weight is 442 g/mol. The number of ketones is 1. The van der Waals surface area contributed by atoms with Gasteiger partial charge in [0.2, 0.25) is 0 Å². The smallest absolute Gasteiger partial charge is 0.268 e. The van der Waals surface area contributed by atoms with Crippen LogP contribution in [0.1, 0.15) is 49.8 Å². The molecule has 0 N–H and O–H groups in total. The van der Waals surface area contributed by atoms with Crippen LogP contribution in [0.5, 0.6) is 5.75 Å². The van der Waals surface area contributed by atoms with Crippen LogP contribution in [0.4, 0.5) is 4.39 Å². The first-order valence-electron chi connectivity index (χ1n) is 11.0. The number of pyridine rings is 1. The highest BCUT2D eigenvalue weighted by Gasteiger charge is 2.27. The fourth-order valence-electron chi connectivity index (χ4n) is 3.99. The fourth-order valence-corrected chi connectivity index (χ4v) is 3.99. The van der Waals surface area contributed by atoms with Gasteiger partial charge in [-0.1, -0.05) is 6.92 Å². The van der Waals surface area contributed by atoms with Crippen molar-refractivity contribution < 1.29 is 13.9 Å². The molecule has 3 rings (SSSR count). The summed E-state index contributed by atoms with van der Waals surface area (Å²) in [4.78, 5) is 29.0. The summed E-state index contributed by atoms with van der Waals surface area (Å²) in [5.41, 5.74) is 2.16.